The van der Waals surface area contributed by atoms with E-state index in [0.29, 0.717) is 22.3 Å². The summed E-state index contributed by atoms with van der Waals surface area (Å²) in [7, 11) is -20.6. The fourth-order valence-corrected chi connectivity index (χ4v) is 13.0. The predicted octanol–water partition coefficient (Wildman–Crippen LogP) is 6.03. The third-order valence-corrected chi connectivity index (χ3v) is 17.0. The topological polar surface area (TPSA) is 186 Å². The molecule has 0 aliphatic rings. The van der Waals surface area contributed by atoms with E-state index in [2.05, 4.69) is 0 Å². The molecule has 0 fully saturated rings. The lowest BCUT2D eigenvalue weighted by atomic mass is 10.1. The van der Waals surface area contributed by atoms with Crippen molar-refractivity contribution < 1.29 is 38.6 Å². The van der Waals surface area contributed by atoms with Gasteiger partial charge in [-0.2, -0.15) is 0 Å². The molecule has 278 valence electrons. The molecule has 0 aromatic heterocycles. The SMILES string of the molecule is Cc1ccc(S(=O)(=O)N(CC(c2ccc([N+](=O)[O-])cc2)N(S(=O)(=O)c2ccc(C)cc2)S(=O)(=O)c2ccc(C)cc2)S(=O)(=O)c2ccc(C)cc2)cc1. The number of nitro groups is 1. The smallest absolute Gasteiger partial charge is 0.258 e. The molecule has 0 amide bonds. The van der Waals surface area contributed by atoms with Gasteiger partial charge in [-0.25, -0.2) is 33.7 Å². The van der Waals surface area contributed by atoms with Crippen LogP contribution in [0.25, 0.3) is 0 Å². The van der Waals surface area contributed by atoms with Crippen LogP contribution in [-0.4, -0.2) is 52.6 Å². The Kier molecular flexibility index (Phi) is 11.1. The Morgan fingerprint density at radius 2 is 0.755 bits per heavy atom. The largest absolute Gasteiger partial charge is 0.269 e. The zero-order valence-electron chi connectivity index (χ0n) is 28.9. The van der Waals surface area contributed by atoms with Crippen molar-refractivity contribution >= 4 is 45.8 Å². The molecule has 0 N–H and O–H groups in total. The molecule has 5 aromatic rings. The Morgan fingerprint density at radius 1 is 0.472 bits per heavy atom. The highest BCUT2D eigenvalue weighted by Crippen LogP contribution is 2.38. The molecule has 0 heterocycles. The van der Waals surface area contributed by atoms with E-state index < -0.39 is 82.9 Å². The Bertz CT molecular complexity index is 2430. The van der Waals surface area contributed by atoms with Crippen LogP contribution >= 0.6 is 0 Å². The van der Waals surface area contributed by atoms with Crippen molar-refractivity contribution in [2.75, 3.05) is 6.54 Å². The van der Waals surface area contributed by atoms with Gasteiger partial charge in [0.2, 0.25) is 0 Å². The van der Waals surface area contributed by atoms with E-state index in [-0.39, 0.29) is 13.0 Å². The zero-order chi connectivity index (χ0) is 38.9. The quantitative estimate of drug-likeness (QED) is 0.101. The van der Waals surface area contributed by atoms with Crippen LogP contribution in [-0.2, 0) is 40.1 Å². The normalized spacial score (nSPS) is 13.2. The van der Waals surface area contributed by atoms with Crippen LogP contribution in [0, 0.1) is 37.8 Å². The summed E-state index contributed by atoms with van der Waals surface area (Å²) < 4.78 is 117. The van der Waals surface area contributed by atoms with Crippen molar-refractivity contribution in [3.8, 4) is 0 Å². The molecule has 5 aromatic carbocycles. The van der Waals surface area contributed by atoms with E-state index in [1.165, 1.54) is 97.1 Å². The van der Waals surface area contributed by atoms with Crippen molar-refractivity contribution in [1.82, 2.24) is 7.42 Å². The monoisotopic (exact) mass is 797 g/mol. The summed E-state index contributed by atoms with van der Waals surface area (Å²) in [5.74, 6) is 0. The molecule has 0 saturated heterocycles. The number of nitrogens with zero attached hydrogens (tertiary/aromatic N) is 3. The maximum atomic E-state index is 14.7. The molecular weight excluding hydrogens is 763 g/mol. The zero-order valence-corrected chi connectivity index (χ0v) is 32.2. The molecule has 1 unspecified atom stereocenters. The first-order valence-electron chi connectivity index (χ1n) is 15.8. The summed E-state index contributed by atoms with van der Waals surface area (Å²) in [6.07, 6.45) is 0. The summed E-state index contributed by atoms with van der Waals surface area (Å²) in [6, 6.07) is 22.8. The minimum atomic E-state index is -5.19. The number of hydrogen-bond donors (Lipinski definition) is 0. The molecular formula is C36H35N3O10S4. The number of hydrogen-bond acceptors (Lipinski definition) is 10. The van der Waals surface area contributed by atoms with E-state index in [0.717, 1.165) is 24.3 Å². The van der Waals surface area contributed by atoms with Crippen LogP contribution in [0.3, 0.4) is 0 Å². The van der Waals surface area contributed by atoms with Gasteiger partial charge in [-0.1, -0.05) is 90.3 Å². The summed E-state index contributed by atoms with van der Waals surface area (Å²) in [5, 5.41) is 11.6. The molecule has 0 radical (unpaired) electrons. The second-order valence-electron chi connectivity index (χ2n) is 12.3. The van der Waals surface area contributed by atoms with Gasteiger partial charge in [-0.05, 0) is 81.8 Å². The number of rotatable bonds is 13. The van der Waals surface area contributed by atoms with Crippen molar-refractivity contribution in [2.24, 2.45) is 0 Å². The summed E-state index contributed by atoms with van der Waals surface area (Å²) >= 11 is 0. The minimum absolute atomic E-state index is 0.0732. The van der Waals surface area contributed by atoms with Gasteiger partial charge in [-0.3, -0.25) is 10.1 Å². The van der Waals surface area contributed by atoms with Crippen LogP contribution in [0.4, 0.5) is 5.69 Å². The van der Waals surface area contributed by atoms with Crippen molar-refractivity contribution in [3.05, 3.63) is 159 Å². The van der Waals surface area contributed by atoms with Gasteiger partial charge in [-0.15, -0.1) is 0 Å². The highest BCUT2D eigenvalue weighted by molar-refractivity contribution is 8.04. The van der Waals surface area contributed by atoms with Crippen LogP contribution in [0.1, 0.15) is 33.9 Å². The minimum Gasteiger partial charge on any atom is -0.258 e. The Balaban J connectivity index is 1.87. The lowest BCUT2D eigenvalue weighted by Gasteiger charge is -2.33. The Morgan fingerprint density at radius 3 is 1.04 bits per heavy atom. The fraction of sp³-hybridized carbons (Fsp3) is 0.167. The number of benzene rings is 5. The first-order chi connectivity index (χ1) is 24.8. The highest BCUT2D eigenvalue weighted by atomic mass is 32.3. The molecule has 53 heavy (non-hydrogen) atoms. The maximum absolute atomic E-state index is 14.7. The Labute approximate surface area is 309 Å². The lowest BCUT2D eigenvalue weighted by molar-refractivity contribution is -0.384. The average Bonchev–Trinajstić information content (AvgIpc) is 3.10. The van der Waals surface area contributed by atoms with Gasteiger partial charge >= 0.3 is 0 Å². The first-order valence-corrected chi connectivity index (χ1v) is 21.6. The van der Waals surface area contributed by atoms with Crippen LogP contribution in [0.2, 0.25) is 0 Å². The standard InChI is InChI=1S/C36H35N3O10S4/c1-26-5-17-32(18-6-26)50(42,43)37(51(44,45)33-19-7-27(2)8-20-33)25-36(30-13-15-31(16-14-30)38(40)41)39(52(46,47)34-21-9-28(3)10-22-34)53(48,49)35-23-11-29(4)12-24-35/h5-24,36H,25H2,1-4H3. The number of sulfonamides is 4. The van der Waals surface area contributed by atoms with Crippen LogP contribution in [0.5, 0.6) is 0 Å². The number of nitro benzene ring substituents is 1. The molecule has 0 bridgehead atoms. The second kappa shape index (κ2) is 14.9. The highest BCUT2D eigenvalue weighted by Gasteiger charge is 2.47. The van der Waals surface area contributed by atoms with Gasteiger partial charge in [0.1, 0.15) is 0 Å². The molecule has 0 spiro atoms. The van der Waals surface area contributed by atoms with Crippen molar-refractivity contribution in [3.63, 3.8) is 0 Å². The summed E-state index contributed by atoms with van der Waals surface area (Å²) in [4.78, 5) is 8.91. The molecule has 0 aliphatic carbocycles. The predicted molar refractivity (Wildman–Crippen MR) is 198 cm³/mol. The number of aryl methyl sites for hydroxylation is 4. The fourth-order valence-electron chi connectivity index (χ4n) is 5.33. The number of non-ortho nitro benzene ring substituents is 1. The third-order valence-electron chi connectivity index (χ3n) is 8.35. The van der Waals surface area contributed by atoms with E-state index >= 15 is 0 Å². The summed E-state index contributed by atoms with van der Waals surface area (Å²) in [5.41, 5.74) is 1.88. The third kappa shape index (κ3) is 8.09. The van der Waals surface area contributed by atoms with Gasteiger partial charge in [0.25, 0.3) is 45.8 Å². The van der Waals surface area contributed by atoms with Crippen molar-refractivity contribution in [2.45, 2.75) is 53.3 Å². The second-order valence-corrected chi connectivity index (χ2v) is 20.1. The lowest BCUT2D eigenvalue weighted by Crippen LogP contribution is -2.47. The molecule has 17 heteroatoms. The van der Waals surface area contributed by atoms with Crippen molar-refractivity contribution in [1.29, 1.82) is 0 Å². The van der Waals surface area contributed by atoms with Gasteiger partial charge < -0.3 is 0 Å². The van der Waals surface area contributed by atoms with E-state index in [1.54, 1.807) is 27.7 Å². The van der Waals surface area contributed by atoms with Crippen LogP contribution < -0.4 is 0 Å². The van der Waals surface area contributed by atoms with Gasteiger partial charge in [0.15, 0.2) is 0 Å². The maximum Gasteiger partial charge on any atom is 0.269 e. The molecule has 0 aliphatic heterocycles. The molecule has 5 rings (SSSR count). The van der Waals surface area contributed by atoms with Gasteiger partial charge in [0, 0.05) is 12.1 Å². The first kappa shape index (κ1) is 39.4. The van der Waals surface area contributed by atoms with E-state index in [4.69, 9.17) is 0 Å². The van der Waals surface area contributed by atoms with E-state index in [1.807, 2.05) is 0 Å². The molecule has 1 atom stereocenters. The average molecular weight is 798 g/mol. The van der Waals surface area contributed by atoms with E-state index in [9.17, 15) is 43.8 Å². The Hall–Kier alpha value is -4.78. The van der Waals surface area contributed by atoms with Gasteiger partial charge in [0.05, 0.1) is 37.1 Å². The molecule has 13 nitrogen and oxygen atoms in total. The summed E-state index contributed by atoms with van der Waals surface area (Å²) in [6.45, 7) is 5.43. The van der Waals surface area contributed by atoms with Crippen LogP contribution in [0.15, 0.2) is 141 Å². The molecule has 0 saturated carbocycles.